The van der Waals surface area contributed by atoms with Gasteiger partial charge in [-0.1, -0.05) is 92.7 Å². The van der Waals surface area contributed by atoms with E-state index in [1.807, 2.05) is 6.08 Å². The summed E-state index contributed by atoms with van der Waals surface area (Å²) in [5.74, 6) is 2.02. The van der Waals surface area contributed by atoms with Crippen LogP contribution in [0.1, 0.15) is 85.6 Å². The van der Waals surface area contributed by atoms with Crippen molar-refractivity contribution in [2.24, 2.45) is 0 Å². The molecule has 0 aliphatic carbocycles. The highest BCUT2D eigenvalue weighted by Gasteiger charge is 2.36. The quantitative estimate of drug-likeness (QED) is 0.221. The fourth-order valence-electron chi connectivity index (χ4n) is 5.12. The highest BCUT2D eigenvalue weighted by atomic mass is 28.4. The van der Waals surface area contributed by atoms with E-state index in [9.17, 15) is 0 Å². The van der Waals surface area contributed by atoms with E-state index in [0.29, 0.717) is 0 Å². The van der Waals surface area contributed by atoms with Gasteiger partial charge >= 0.3 is 0 Å². The minimum Gasteiger partial charge on any atom is -0.543 e. The van der Waals surface area contributed by atoms with Gasteiger partial charge in [-0.25, -0.2) is 0 Å². The van der Waals surface area contributed by atoms with E-state index < -0.39 is 16.6 Å². The first-order valence-corrected chi connectivity index (χ1v) is 17.7. The summed E-state index contributed by atoms with van der Waals surface area (Å²) in [5.41, 5.74) is 1.11. The van der Waals surface area contributed by atoms with E-state index in [1.54, 1.807) is 0 Å². The normalized spacial score (nSPS) is 12.1. The van der Waals surface area contributed by atoms with Crippen molar-refractivity contribution in [1.82, 2.24) is 0 Å². The molecule has 0 N–H and O–H groups in total. The summed E-state index contributed by atoms with van der Waals surface area (Å²) < 4.78 is 13.9. The Hall–Kier alpha value is -1.01. The molecule has 4 heteroatoms. The lowest BCUT2D eigenvalue weighted by molar-refractivity contribution is 0.498. The summed E-state index contributed by atoms with van der Waals surface area (Å²) in [6.45, 7) is 17.8. The molecule has 0 aliphatic rings. The second kappa shape index (κ2) is 14.1. The predicted molar refractivity (Wildman–Crippen MR) is 140 cm³/mol. The maximum absolute atomic E-state index is 6.93. The van der Waals surface area contributed by atoms with Crippen molar-refractivity contribution in [3.63, 3.8) is 0 Å². The molecule has 0 saturated heterocycles. The summed E-state index contributed by atoms with van der Waals surface area (Å²) in [5, 5.41) is 0. The molecule has 1 rings (SSSR count). The van der Waals surface area contributed by atoms with E-state index in [-0.39, 0.29) is 0 Å². The average molecular weight is 449 g/mol. The third-order valence-corrected chi connectivity index (χ3v) is 15.8. The standard InChI is InChI=1S/C26H48O2Si2/c1-8-15-29(16-9-2,17-10-3)27-25-21-24(14-7)22-26(23-25)28-30(18-11-4,19-12-5)20-13-6/h14,21-23H,7-13,15-20H2,1-6H3. The zero-order chi connectivity index (χ0) is 22.5. The molecule has 0 spiro atoms. The predicted octanol–water partition coefficient (Wildman–Crippen LogP) is 9.44. The first-order chi connectivity index (χ1) is 14.5. The van der Waals surface area contributed by atoms with Crippen molar-refractivity contribution in [3.8, 4) is 11.5 Å². The number of hydrogen-bond acceptors (Lipinski definition) is 2. The molecule has 0 atom stereocenters. The minimum atomic E-state index is -1.78. The molecule has 172 valence electrons. The van der Waals surface area contributed by atoms with Crippen LogP contribution in [0, 0.1) is 0 Å². The summed E-state index contributed by atoms with van der Waals surface area (Å²) in [4.78, 5) is 0. The lowest BCUT2D eigenvalue weighted by Gasteiger charge is -2.34. The van der Waals surface area contributed by atoms with Crippen molar-refractivity contribution in [2.75, 3.05) is 0 Å². The number of rotatable bonds is 17. The Bertz CT molecular complexity index is 535. The molecule has 0 aromatic heterocycles. The summed E-state index contributed by atoms with van der Waals surface area (Å²) >= 11 is 0. The fraction of sp³-hybridized carbons (Fsp3) is 0.692. The van der Waals surface area contributed by atoms with Gasteiger partial charge in [0.05, 0.1) is 0 Å². The van der Waals surface area contributed by atoms with Crippen molar-refractivity contribution < 1.29 is 8.85 Å². The smallest absolute Gasteiger partial charge is 0.251 e. The third-order valence-electron chi connectivity index (χ3n) is 6.04. The summed E-state index contributed by atoms with van der Waals surface area (Å²) in [7, 11) is -3.56. The largest absolute Gasteiger partial charge is 0.543 e. The highest BCUT2D eigenvalue weighted by molar-refractivity contribution is 6.75. The van der Waals surface area contributed by atoms with E-state index in [1.165, 1.54) is 74.8 Å². The van der Waals surface area contributed by atoms with Gasteiger partial charge in [-0.05, 0) is 54.0 Å². The Kier molecular flexibility index (Phi) is 12.7. The number of benzene rings is 1. The first kappa shape index (κ1) is 27.0. The topological polar surface area (TPSA) is 18.5 Å². The van der Waals surface area contributed by atoms with E-state index in [2.05, 4.69) is 66.3 Å². The Morgan fingerprint density at radius 3 is 1.13 bits per heavy atom. The minimum absolute atomic E-state index is 1.01. The maximum Gasteiger partial charge on any atom is 0.251 e. The van der Waals surface area contributed by atoms with Gasteiger partial charge in [-0.15, -0.1) is 0 Å². The molecule has 0 aliphatic heterocycles. The van der Waals surface area contributed by atoms with Gasteiger partial charge in [0, 0.05) is 6.07 Å². The van der Waals surface area contributed by atoms with Gasteiger partial charge in [0.15, 0.2) is 0 Å². The monoisotopic (exact) mass is 448 g/mol. The van der Waals surface area contributed by atoms with Crippen LogP contribution >= 0.6 is 0 Å². The van der Waals surface area contributed by atoms with Crippen LogP contribution in [0.15, 0.2) is 24.8 Å². The zero-order valence-electron chi connectivity index (χ0n) is 20.8. The summed E-state index contributed by atoms with van der Waals surface area (Å²) in [6, 6.07) is 14.0. The second-order valence-corrected chi connectivity index (χ2v) is 17.2. The molecule has 0 heterocycles. The van der Waals surface area contributed by atoms with E-state index in [0.717, 1.165) is 17.1 Å². The van der Waals surface area contributed by atoms with Crippen molar-refractivity contribution in [2.45, 2.75) is 116 Å². The lowest BCUT2D eigenvalue weighted by Crippen LogP contribution is -2.42. The van der Waals surface area contributed by atoms with Crippen LogP contribution in [-0.4, -0.2) is 16.6 Å². The molecule has 30 heavy (non-hydrogen) atoms. The molecule has 0 bridgehead atoms. The van der Waals surface area contributed by atoms with Gasteiger partial charge in [-0.2, -0.15) is 0 Å². The van der Waals surface area contributed by atoms with Crippen LogP contribution in [0.3, 0.4) is 0 Å². The Balaban J connectivity index is 3.30. The Morgan fingerprint density at radius 1 is 0.600 bits per heavy atom. The van der Waals surface area contributed by atoms with Gasteiger partial charge in [-0.3, -0.25) is 0 Å². The van der Waals surface area contributed by atoms with Gasteiger partial charge in [0.25, 0.3) is 16.6 Å². The zero-order valence-corrected chi connectivity index (χ0v) is 22.8. The molecular weight excluding hydrogens is 400 g/mol. The van der Waals surface area contributed by atoms with Gasteiger partial charge in [0.1, 0.15) is 11.5 Å². The molecule has 2 nitrogen and oxygen atoms in total. The molecule has 0 saturated carbocycles. The third kappa shape index (κ3) is 8.26. The molecule has 0 fully saturated rings. The molecule has 0 radical (unpaired) electrons. The summed E-state index contributed by atoms with van der Waals surface area (Å²) in [6.07, 6.45) is 9.16. The number of hydrogen-bond donors (Lipinski definition) is 0. The van der Waals surface area contributed by atoms with Crippen LogP contribution in [-0.2, 0) is 0 Å². The molecular formula is C26H48O2Si2. The second-order valence-electron chi connectivity index (χ2n) is 9.01. The maximum atomic E-state index is 6.93. The van der Waals surface area contributed by atoms with Crippen LogP contribution < -0.4 is 8.85 Å². The van der Waals surface area contributed by atoms with E-state index >= 15 is 0 Å². The van der Waals surface area contributed by atoms with Gasteiger partial charge < -0.3 is 8.85 Å². The Morgan fingerprint density at radius 2 is 0.900 bits per heavy atom. The lowest BCUT2D eigenvalue weighted by atomic mass is 10.2. The van der Waals surface area contributed by atoms with E-state index in [4.69, 9.17) is 8.85 Å². The first-order valence-electron chi connectivity index (χ1n) is 12.6. The molecule has 1 aromatic carbocycles. The fourth-order valence-corrected chi connectivity index (χ4v) is 13.9. The van der Waals surface area contributed by atoms with Crippen LogP contribution in [0.2, 0.25) is 36.3 Å². The molecule has 0 unspecified atom stereocenters. The van der Waals surface area contributed by atoms with Crippen LogP contribution in [0.25, 0.3) is 6.08 Å². The van der Waals surface area contributed by atoms with Crippen molar-refractivity contribution in [3.05, 3.63) is 30.3 Å². The average Bonchev–Trinajstić information content (AvgIpc) is 2.69. The SMILES string of the molecule is C=Cc1cc(O[Si](CCC)(CCC)CCC)cc(O[Si](CCC)(CCC)CCC)c1. The van der Waals surface area contributed by atoms with Crippen LogP contribution in [0.4, 0.5) is 0 Å². The van der Waals surface area contributed by atoms with Crippen LogP contribution in [0.5, 0.6) is 11.5 Å². The molecule has 1 aromatic rings. The highest BCUT2D eigenvalue weighted by Crippen LogP contribution is 2.35. The van der Waals surface area contributed by atoms with Gasteiger partial charge in [0.2, 0.25) is 0 Å². The molecule has 0 amide bonds. The van der Waals surface area contributed by atoms with Crippen molar-refractivity contribution >= 4 is 22.7 Å². The Labute approximate surface area is 189 Å². The van der Waals surface area contributed by atoms with Crippen molar-refractivity contribution in [1.29, 1.82) is 0 Å².